The lowest BCUT2D eigenvalue weighted by Crippen LogP contribution is -2.40. The van der Waals surface area contributed by atoms with Crippen LogP contribution in [0, 0.1) is 19.8 Å². The lowest BCUT2D eigenvalue weighted by molar-refractivity contribution is 0.304. The van der Waals surface area contributed by atoms with Crippen molar-refractivity contribution in [3.05, 3.63) is 34.9 Å². The van der Waals surface area contributed by atoms with Crippen LogP contribution in [0.4, 0.5) is 0 Å². The third-order valence-electron chi connectivity index (χ3n) is 4.59. The second kappa shape index (κ2) is 7.51. The van der Waals surface area contributed by atoms with E-state index in [-0.39, 0.29) is 0 Å². The summed E-state index contributed by atoms with van der Waals surface area (Å²) in [6.45, 7) is 6.74. The maximum atomic E-state index is 3.54. The Morgan fingerprint density at radius 3 is 2.45 bits per heavy atom. The molecule has 0 saturated heterocycles. The third kappa shape index (κ3) is 4.26. The van der Waals surface area contributed by atoms with Crippen LogP contribution in [-0.4, -0.2) is 18.3 Å². The maximum Gasteiger partial charge on any atom is 0.0207 e. The van der Waals surface area contributed by atoms with Crippen molar-refractivity contribution in [1.29, 1.82) is 0 Å². The van der Waals surface area contributed by atoms with Gasteiger partial charge < -0.3 is 5.32 Å². The average Bonchev–Trinajstić information content (AvgIpc) is 2.43. The van der Waals surface area contributed by atoms with E-state index >= 15 is 0 Å². The highest BCUT2D eigenvalue weighted by Crippen LogP contribution is 2.35. The molecule has 1 aliphatic rings. The van der Waals surface area contributed by atoms with E-state index in [0.29, 0.717) is 6.04 Å². The number of aryl methyl sites for hydroxylation is 2. The Kier molecular flexibility index (Phi) is 5.98. The van der Waals surface area contributed by atoms with Gasteiger partial charge in [-0.3, -0.25) is 0 Å². The molecule has 0 radical (unpaired) electrons. The van der Waals surface area contributed by atoms with E-state index in [2.05, 4.69) is 63.1 Å². The van der Waals surface area contributed by atoms with Crippen LogP contribution in [0.25, 0.3) is 0 Å². The first-order valence-corrected chi connectivity index (χ1v) is 9.03. The summed E-state index contributed by atoms with van der Waals surface area (Å²) in [5, 5.41) is 4.31. The Balaban J connectivity index is 1.96. The summed E-state index contributed by atoms with van der Waals surface area (Å²) in [7, 11) is 2.13. The summed E-state index contributed by atoms with van der Waals surface area (Å²) in [6, 6.07) is 7.65. The van der Waals surface area contributed by atoms with Crippen molar-refractivity contribution in [3.63, 3.8) is 0 Å². The largest absolute Gasteiger partial charge is 0.316 e. The Hall–Kier alpha value is -0.470. The van der Waals surface area contributed by atoms with E-state index in [0.717, 1.165) is 16.9 Å². The Bertz CT molecular complexity index is 409. The molecule has 0 bridgehead atoms. The van der Waals surface area contributed by atoms with Crippen molar-refractivity contribution >= 4 is 11.8 Å². The van der Waals surface area contributed by atoms with Crippen molar-refractivity contribution in [3.8, 4) is 0 Å². The van der Waals surface area contributed by atoms with Gasteiger partial charge >= 0.3 is 0 Å². The minimum atomic E-state index is 0.703. The van der Waals surface area contributed by atoms with Gasteiger partial charge in [-0.25, -0.2) is 0 Å². The van der Waals surface area contributed by atoms with Crippen molar-refractivity contribution in [1.82, 2.24) is 5.32 Å². The molecule has 0 amide bonds. The van der Waals surface area contributed by atoms with Crippen LogP contribution in [0.15, 0.2) is 18.2 Å². The predicted octanol–water partition coefficient (Wildman–Crippen LogP) is 4.70. The van der Waals surface area contributed by atoms with Crippen LogP contribution in [-0.2, 0) is 5.75 Å². The molecule has 20 heavy (non-hydrogen) atoms. The summed E-state index contributed by atoms with van der Waals surface area (Å²) in [5.41, 5.74) is 4.27. The summed E-state index contributed by atoms with van der Waals surface area (Å²) >= 11 is 2.16. The van der Waals surface area contributed by atoms with Gasteiger partial charge in [-0.2, -0.15) is 11.8 Å². The van der Waals surface area contributed by atoms with E-state index in [1.165, 1.54) is 42.4 Å². The highest BCUT2D eigenvalue weighted by molar-refractivity contribution is 7.99. The number of hydrogen-bond acceptors (Lipinski definition) is 2. The number of hydrogen-bond donors (Lipinski definition) is 1. The van der Waals surface area contributed by atoms with Crippen LogP contribution in [0.2, 0.25) is 0 Å². The molecule has 1 N–H and O–H groups in total. The topological polar surface area (TPSA) is 12.0 Å². The van der Waals surface area contributed by atoms with Gasteiger partial charge in [-0.05, 0) is 51.6 Å². The van der Waals surface area contributed by atoms with E-state index < -0.39 is 0 Å². The molecule has 2 rings (SSSR count). The zero-order valence-electron chi connectivity index (χ0n) is 13.4. The van der Waals surface area contributed by atoms with Gasteiger partial charge in [0.25, 0.3) is 0 Å². The molecule has 3 atom stereocenters. The fourth-order valence-electron chi connectivity index (χ4n) is 3.45. The number of thioether (sulfide) groups is 1. The molecule has 0 aliphatic heterocycles. The molecule has 0 aromatic heterocycles. The molecule has 2 heteroatoms. The highest BCUT2D eigenvalue weighted by atomic mass is 32.2. The fraction of sp³-hybridized carbons (Fsp3) is 0.667. The smallest absolute Gasteiger partial charge is 0.0207 e. The summed E-state index contributed by atoms with van der Waals surface area (Å²) in [6.07, 6.45) is 5.48. The molecule has 1 aliphatic carbocycles. The van der Waals surface area contributed by atoms with Crippen molar-refractivity contribution in [2.45, 2.75) is 63.5 Å². The van der Waals surface area contributed by atoms with Gasteiger partial charge in [0.15, 0.2) is 0 Å². The summed E-state index contributed by atoms with van der Waals surface area (Å²) in [5.74, 6) is 2.10. The number of benzene rings is 1. The molecule has 0 heterocycles. The molecule has 0 spiro atoms. The molecule has 1 fully saturated rings. The monoisotopic (exact) mass is 291 g/mol. The maximum absolute atomic E-state index is 3.54. The van der Waals surface area contributed by atoms with Crippen LogP contribution in [0.5, 0.6) is 0 Å². The van der Waals surface area contributed by atoms with E-state index in [4.69, 9.17) is 0 Å². The lowest BCUT2D eigenvalue weighted by atomic mass is 9.84. The Morgan fingerprint density at radius 2 is 1.85 bits per heavy atom. The predicted molar refractivity (Wildman–Crippen MR) is 91.5 cm³/mol. The van der Waals surface area contributed by atoms with Crippen molar-refractivity contribution in [2.24, 2.45) is 5.92 Å². The summed E-state index contributed by atoms with van der Waals surface area (Å²) < 4.78 is 0. The van der Waals surface area contributed by atoms with Crippen LogP contribution in [0.1, 0.15) is 49.3 Å². The number of rotatable bonds is 5. The summed E-state index contributed by atoms with van der Waals surface area (Å²) in [4.78, 5) is 0. The van der Waals surface area contributed by atoms with E-state index in [1.807, 2.05) is 0 Å². The van der Waals surface area contributed by atoms with E-state index in [9.17, 15) is 0 Å². The van der Waals surface area contributed by atoms with Crippen molar-refractivity contribution < 1.29 is 0 Å². The van der Waals surface area contributed by atoms with Crippen molar-refractivity contribution in [2.75, 3.05) is 7.05 Å². The number of nitrogens with one attached hydrogen (secondary N) is 1. The third-order valence-corrected chi connectivity index (χ3v) is 6.04. The molecular formula is C18H29NS. The average molecular weight is 292 g/mol. The highest BCUT2D eigenvalue weighted by Gasteiger charge is 2.28. The lowest BCUT2D eigenvalue weighted by Gasteiger charge is -2.35. The van der Waals surface area contributed by atoms with Crippen LogP contribution >= 0.6 is 11.8 Å². The Morgan fingerprint density at radius 1 is 1.15 bits per heavy atom. The van der Waals surface area contributed by atoms with E-state index in [1.54, 1.807) is 0 Å². The SMILES string of the molecule is CCC1CCC(NC)C(SCc2cc(C)cc(C)c2)C1. The second-order valence-electron chi connectivity index (χ2n) is 6.33. The minimum Gasteiger partial charge on any atom is -0.316 e. The normalized spacial score (nSPS) is 26.7. The van der Waals surface area contributed by atoms with Crippen LogP contribution in [0.3, 0.4) is 0 Å². The minimum absolute atomic E-state index is 0.703. The molecule has 1 aromatic rings. The van der Waals surface area contributed by atoms with Gasteiger partial charge in [-0.1, -0.05) is 42.7 Å². The molecule has 3 unspecified atom stereocenters. The fourth-order valence-corrected chi connectivity index (χ4v) is 4.94. The van der Waals surface area contributed by atoms with Gasteiger partial charge in [0.1, 0.15) is 0 Å². The zero-order chi connectivity index (χ0) is 14.5. The first-order valence-electron chi connectivity index (χ1n) is 7.98. The van der Waals surface area contributed by atoms with Gasteiger partial charge in [0.2, 0.25) is 0 Å². The molecule has 112 valence electrons. The second-order valence-corrected chi connectivity index (χ2v) is 7.56. The van der Waals surface area contributed by atoms with Gasteiger partial charge in [-0.15, -0.1) is 0 Å². The first kappa shape index (κ1) is 15.9. The zero-order valence-corrected chi connectivity index (χ0v) is 14.2. The van der Waals surface area contributed by atoms with Gasteiger partial charge in [0.05, 0.1) is 0 Å². The quantitative estimate of drug-likeness (QED) is 0.843. The molecule has 1 saturated carbocycles. The molecular weight excluding hydrogens is 262 g/mol. The standard InChI is InChI=1S/C18H29NS/c1-5-15-6-7-17(19-4)18(11-15)20-12-16-9-13(2)8-14(3)10-16/h8-10,15,17-19H,5-7,11-12H2,1-4H3. The Labute approximate surface area is 128 Å². The molecule has 1 nitrogen and oxygen atoms in total. The van der Waals surface area contributed by atoms with Gasteiger partial charge in [0, 0.05) is 17.0 Å². The molecule has 1 aromatic carbocycles. The first-order chi connectivity index (χ1) is 9.62. The van der Waals surface area contributed by atoms with Crippen LogP contribution < -0.4 is 5.32 Å².